The molecule has 2 heterocycles. The molecule has 0 atom stereocenters. The van der Waals surface area contributed by atoms with Crippen LogP contribution in [0, 0.1) is 0 Å². The number of hydrogen-bond acceptors (Lipinski definition) is 3. The smallest absolute Gasteiger partial charge is 0.206 e. The maximum Gasteiger partial charge on any atom is 0.206 e. The zero-order valence-electron chi connectivity index (χ0n) is 12.8. The summed E-state index contributed by atoms with van der Waals surface area (Å²) in [5.74, 6) is 0. The van der Waals surface area contributed by atoms with Gasteiger partial charge in [-0.3, -0.25) is 4.98 Å². The van der Waals surface area contributed by atoms with Gasteiger partial charge in [0.15, 0.2) is 0 Å². The summed E-state index contributed by atoms with van der Waals surface area (Å²) in [7, 11) is -1.05. The van der Waals surface area contributed by atoms with E-state index < -0.39 is 8.38 Å². The van der Waals surface area contributed by atoms with E-state index in [1.807, 2.05) is 30.5 Å². The molecular weight excluding hydrogens is 281 g/mol. The topological polar surface area (TPSA) is 31.4 Å². The van der Waals surface area contributed by atoms with Crippen molar-refractivity contribution >= 4 is 13.7 Å². The lowest BCUT2D eigenvalue weighted by Crippen LogP contribution is -2.41. The third-order valence-electron chi connectivity index (χ3n) is 4.09. The van der Waals surface area contributed by atoms with E-state index in [9.17, 15) is 0 Å². The lowest BCUT2D eigenvalue weighted by Gasteiger charge is -2.29. The van der Waals surface area contributed by atoms with E-state index in [1.165, 1.54) is 0 Å². The van der Waals surface area contributed by atoms with Gasteiger partial charge >= 0.3 is 0 Å². The number of benzene rings is 1. The second-order valence-corrected chi connectivity index (χ2v) is 7.62. The quantitative estimate of drug-likeness (QED) is 0.775. The standard InChI is InChI=1S/C17H20NO2P/c1-16(2)17(3,4)20-21(19-16)14-9-7-8-13(12-14)15-10-5-6-11-18-15/h5-12H,1-4H3. The van der Waals surface area contributed by atoms with Gasteiger partial charge in [0, 0.05) is 17.1 Å². The molecule has 0 amide bonds. The predicted molar refractivity (Wildman–Crippen MR) is 86.6 cm³/mol. The largest absolute Gasteiger partial charge is 0.321 e. The van der Waals surface area contributed by atoms with Crippen LogP contribution in [0.3, 0.4) is 0 Å². The van der Waals surface area contributed by atoms with Crippen LogP contribution in [0.15, 0.2) is 48.7 Å². The maximum absolute atomic E-state index is 6.16. The molecule has 0 radical (unpaired) electrons. The van der Waals surface area contributed by atoms with Gasteiger partial charge in [0.2, 0.25) is 8.38 Å². The van der Waals surface area contributed by atoms with Gasteiger partial charge < -0.3 is 9.05 Å². The molecule has 0 aliphatic carbocycles. The minimum atomic E-state index is -1.05. The molecule has 1 aliphatic rings. The fourth-order valence-electron chi connectivity index (χ4n) is 2.07. The number of rotatable bonds is 2. The molecule has 0 saturated carbocycles. The van der Waals surface area contributed by atoms with Crippen LogP contribution < -0.4 is 5.30 Å². The molecule has 1 aromatic carbocycles. The van der Waals surface area contributed by atoms with Crippen LogP contribution in [0.4, 0.5) is 0 Å². The Bertz CT molecular complexity index is 624. The molecule has 1 aliphatic heterocycles. The van der Waals surface area contributed by atoms with Crippen molar-refractivity contribution in [1.82, 2.24) is 4.98 Å². The maximum atomic E-state index is 6.16. The lowest BCUT2D eigenvalue weighted by molar-refractivity contribution is 0.00578. The molecule has 110 valence electrons. The zero-order chi connectivity index (χ0) is 15.1. The summed E-state index contributed by atoms with van der Waals surface area (Å²) in [6.45, 7) is 8.33. The van der Waals surface area contributed by atoms with E-state index in [-0.39, 0.29) is 11.2 Å². The van der Waals surface area contributed by atoms with Crippen molar-refractivity contribution < 1.29 is 9.05 Å². The lowest BCUT2D eigenvalue weighted by atomic mass is 9.90. The van der Waals surface area contributed by atoms with Crippen molar-refractivity contribution in [1.29, 1.82) is 0 Å². The SMILES string of the molecule is CC1(C)OP(c2cccc(-c3ccccn3)c2)OC1(C)C. The van der Waals surface area contributed by atoms with Gasteiger partial charge in [-0.05, 0) is 52.0 Å². The first kappa shape index (κ1) is 14.6. The van der Waals surface area contributed by atoms with Crippen molar-refractivity contribution in [2.75, 3.05) is 0 Å². The summed E-state index contributed by atoms with van der Waals surface area (Å²) >= 11 is 0. The molecule has 3 rings (SSSR count). The number of pyridine rings is 1. The van der Waals surface area contributed by atoms with E-state index in [2.05, 4.69) is 50.9 Å². The van der Waals surface area contributed by atoms with Crippen LogP contribution in [0.25, 0.3) is 11.3 Å². The molecule has 3 nitrogen and oxygen atoms in total. The molecule has 21 heavy (non-hydrogen) atoms. The summed E-state index contributed by atoms with van der Waals surface area (Å²) in [6.07, 6.45) is 1.81. The van der Waals surface area contributed by atoms with E-state index in [4.69, 9.17) is 9.05 Å². The molecule has 1 aromatic heterocycles. The minimum Gasteiger partial charge on any atom is -0.321 e. The van der Waals surface area contributed by atoms with Gasteiger partial charge in [-0.25, -0.2) is 0 Å². The third-order valence-corrected chi connectivity index (χ3v) is 6.03. The van der Waals surface area contributed by atoms with E-state index >= 15 is 0 Å². The van der Waals surface area contributed by atoms with Gasteiger partial charge in [-0.2, -0.15) is 0 Å². The van der Waals surface area contributed by atoms with Crippen molar-refractivity contribution in [3.05, 3.63) is 48.7 Å². The second kappa shape index (κ2) is 5.17. The summed E-state index contributed by atoms with van der Waals surface area (Å²) in [4.78, 5) is 4.40. The van der Waals surface area contributed by atoms with Crippen LogP contribution >= 0.6 is 8.38 Å². The number of aromatic nitrogens is 1. The molecular formula is C17H20NO2P. The van der Waals surface area contributed by atoms with Gasteiger partial charge in [-0.15, -0.1) is 0 Å². The Kier molecular flexibility index (Phi) is 3.61. The van der Waals surface area contributed by atoms with Crippen molar-refractivity contribution in [3.63, 3.8) is 0 Å². The molecule has 2 aromatic rings. The van der Waals surface area contributed by atoms with Crippen LogP contribution in [0.5, 0.6) is 0 Å². The molecule has 1 fully saturated rings. The van der Waals surface area contributed by atoms with E-state index in [0.717, 1.165) is 16.6 Å². The molecule has 0 N–H and O–H groups in total. The van der Waals surface area contributed by atoms with E-state index in [1.54, 1.807) is 0 Å². The monoisotopic (exact) mass is 301 g/mol. The van der Waals surface area contributed by atoms with Gasteiger partial charge in [-0.1, -0.05) is 18.2 Å². The highest BCUT2D eigenvalue weighted by atomic mass is 31.2. The zero-order valence-corrected chi connectivity index (χ0v) is 13.7. The Hall–Kier alpha value is -1.28. The van der Waals surface area contributed by atoms with Gasteiger partial charge in [0.25, 0.3) is 0 Å². The first-order valence-corrected chi connectivity index (χ1v) is 8.27. The second-order valence-electron chi connectivity index (χ2n) is 6.23. The summed E-state index contributed by atoms with van der Waals surface area (Å²) < 4.78 is 12.3. The van der Waals surface area contributed by atoms with Gasteiger partial charge in [0.05, 0.1) is 16.9 Å². The Morgan fingerprint density at radius 3 is 2.24 bits per heavy atom. The highest BCUT2D eigenvalue weighted by Crippen LogP contribution is 2.57. The molecule has 1 saturated heterocycles. The minimum absolute atomic E-state index is 0.292. The average Bonchev–Trinajstić information content (AvgIpc) is 2.69. The Labute approximate surface area is 127 Å². The van der Waals surface area contributed by atoms with Crippen LogP contribution in [0.2, 0.25) is 0 Å². The molecule has 0 spiro atoms. The summed E-state index contributed by atoms with van der Waals surface area (Å²) in [5, 5.41) is 1.09. The van der Waals surface area contributed by atoms with Crippen molar-refractivity contribution in [3.8, 4) is 11.3 Å². The fraction of sp³-hybridized carbons (Fsp3) is 0.353. The third kappa shape index (κ3) is 2.74. The highest BCUT2D eigenvalue weighted by Gasteiger charge is 2.50. The number of hydrogen-bond donors (Lipinski definition) is 0. The first-order chi connectivity index (χ1) is 9.89. The predicted octanol–water partition coefficient (Wildman–Crippen LogP) is 4.29. The van der Waals surface area contributed by atoms with E-state index in [0.29, 0.717) is 0 Å². The highest BCUT2D eigenvalue weighted by molar-refractivity contribution is 7.56. The van der Waals surface area contributed by atoms with Gasteiger partial charge in [0.1, 0.15) is 0 Å². The summed E-state index contributed by atoms with van der Waals surface area (Å²) in [5.41, 5.74) is 1.47. The number of nitrogens with zero attached hydrogens (tertiary/aromatic N) is 1. The van der Waals surface area contributed by atoms with Crippen LogP contribution in [0.1, 0.15) is 27.7 Å². The Morgan fingerprint density at radius 2 is 1.62 bits per heavy atom. The fourth-order valence-corrected chi connectivity index (χ4v) is 4.04. The first-order valence-electron chi connectivity index (χ1n) is 7.09. The van der Waals surface area contributed by atoms with Crippen molar-refractivity contribution in [2.45, 2.75) is 38.9 Å². The van der Waals surface area contributed by atoms with Crippen LogP contribution in [-0.4, -0.2) is 16.2 Å². The molecule has 0 unspecified atom stereocenters. The van der Waals surface area contributed by atoms with Crippen LogP contribution in [-0.2, 0) is 9.05 Å². The summed E-state index contributed by atoms with van der Waals surface area (Å²) in [6, 6.07) is 14.2. The Morgan fingerprint density at radius 1 is 0.905 bits per heavy atom. The Balaban J connectivity index is 1.92. The molecule has 0 bridgehead atoms. The average molecular weight is 301 g/mol. The molecule has 4 heteroatoms. The van der Waals surface area contributed by atoms with Crippen molar-refractivity contribution in [2.24, 2.45) is 0 Å². The normalized spacial score (nSPS) is 20.6.